The Balaban J connectivity index is 2.17. The molecule has 3 rings (SSSR count). The average molecular weight is 312 g/mol. The lowest BCUT2D eigenvalue weighted by Gasteiger charge is -2.19. The third-order valence-electron chi connectivity index (χ3n) is 3.64. The van der Waals surface area contributed by atoms with Crippen LogP contribution in [0.25, 0.3) is 11.2 Å². The molecule has 21 heavy (non-hydrogen) atoms. The van der Waals surface area contributed by atoms with Crippen molar-refractivity contribution in [2.75, 3.05) is 5.73 Å². The number of nitrogen functional groups attached to an aromatic ring is 1. The number of hydrogen-bond acceptors (Lipinski definition) is 7. The minimum absolute atomic E-state index is 0.168. The molecule has 4 atom stereocenters. The van der Waals surface area contributed by atoms with Crippen LogP contribution in [0.15, 0.2) is 23.3 Å². The van der Waals surface area contributed by atoms with Gasteiger partial charge in [0.25, 0.3) is 0 Å². The van der Waals surface area contributed by atoms with Crippen molar-refractivity contribution in [3.05, 3.63) is 23.3 Å². The summed E-state index contributed by atoms with van der Waals surface area (Å²) in [5, 5.41) is 30.2. The second-order valence-corrected chi connectivity index (χ2v) is 5.35. The van der Waals surface area contributed by atoms with Gasteiger partial charge in [-0.15, -0.1) is 0 Å². The standard InChI is InChI=1S/C12H14ClN5O3/c1-4(19)5-6(13)8(10(21)9(5)20)18-3-17-7-11(14)15-2-16-12(7)18/h2-4,8-10,19-21H,1H3,(H2,14,15,16)/t4?,8?,9-,10-/m0/s1. The molecule has 2 aromatic rings. The molecule has 5 N–H and O–H groups in total. The number of rotatable bonds is 2. The molecule has 9 heteroatoms. The monoisotopic (exact) mass is 311 g/mol. The number of aliphatic hydroxyl groups is 3. The Bertz CT molecular complexity index is 729. The largest absolute Gasteiger partial charge is 0.389 e. The number of hydrogen-bond donors (Lipinski definition) is 4. The zero-order chi connectivity index (χ0) is 15.3. The van der Waals surface area contributed by atoms with E-state index in [1.54, 1.807) is 0 Å². The van der Waals surface area contributed by atoms with Crippen molar-refractivity contribution in [3.63, 3.8) is 0 Å². The average Bonchev–Trinajstić information content (AvgIpc) is 2.92. The molecule has 1 aliphatic rings. The highest BCUT2D eigenvalue weighted by Gasteiger charge is 2.43. The molecule has 0 amide bonds. The highest BCUT2D eigenvalue weighted by molar-refractivity contribution is 6.31. The Kier molecular flexibility index (Phi) is 3.33. The van der Waals surface area contributed by atoms with Crippen LogP contribution in [0.1, 0.15) is 13.0 Å². The fourth-order valence-electron chi connectivity index (χ4n) is 2.63. The minimum atomic E-state index is -1.25. The zero-order valence-electron chi connectivity index (χ0n) is 11.0. The molecule has 0 aromatic carbocycles. The molecule has 112 valence electrons. The van der Waals surface area contributed by atoms with E-state index in [0.717, 1.165) is 0 Å². The van der Waals surface area contributed by atoms with Gasteiger partial charge in [0.15, 0.2) is 11.5 Å². The Morgan fingerprint density at radius 3 is 2.67 bits per heavy atom. The SMILES string of the molecule is CC(O)C1=C(Cl)C(n2cnc3c(N)ncnc32)[C@H](O)[C@H]1O. The zero-order valence-corrected chi connectivity index (χ0v) is 11.8. The molecule has 0 bridgehead atoms. The van der Waals surface area contributed by atoms with Gasteiger partial charge >= 0.3 is 0 Å². The van der Waals surface area contributed by atoms with Gasteiger partial charge in [0.1, 0.15) is 30.1 Å². The molecular formula is C12H14ClN5O3. The molecule has 2 unspecified atom stereocenters. The number of nitrogens with two attached hydrogens (primary N) is 1. The van der Waals surface area contributed by atoms with E-state index >= 15 is 0 Å². The summed E-state index contributed by atoms with van der Waals surface area (Å²) in [7, 11) is 0. The second kappa shape index (κ2) is 4.92. The van der Waals surface area contributed by atoms with Crippen molar-refractivity contribution in [2.45, 2.75) is 31.3 Å². The summed E-state index contributed by atoms with van der Waals surface area (Å²) >= 11 is 6.24. The minimum Gasteiger partial charge on any atom is -0.389 e. The van der Waals surface area contributed by atoms with Gasteiger partial charge in [-0.25, -0.2) is 15.0 Å². The summed E-state index contributed by atoms with van der Waals surface area (Å²) in [5.74, 6) is 0.211. The number of fused-ring (bicyclic) bond motifs is 1. The van der Waals surface area contributed by atoms with Crippen molar-refractivity contribution >= 4 is 28.6 Å². The van der Waals surface area contributed by atoms with E-state index in [9.17, 15) is 15.3 Å². The number of halogens is 1. The summed E-state index contributed by atoms with van der Waals surface area (Å²) < 4.78 is 1.51. The van der Waals surface area contributed by atoms with Gasteiger partial charge in [0.2, 0.25) is 0 Å². The number of anilines is 1. The molecule has 0 saturated carbocycles. The predicted molar refractivity (Wildman–Crippen MR) is 75.3 cm³/mol. The van der Waals surface area contributed by atoms with Gasteiger partial charge in [-0.3, -0.25) is 0 Å². The predicted octanol–water partition coefficient (Wildman–Crippen LogP) is -0.441. The Hall–Kier alpha value is -1.74. The molecule has 2 heterocycles. The normalized spacial score (nSPS) is 27.6. The van der Waals surface area contributed by atoms with Crippen molar-refractivity contribution < 1.29 is 15.3 Å². The van der Waals surface area contributed by atoms with Crippen LogP contribution in [-0.2, 0) is 0 Å². The Morgan fingerprint density at radius 2 is 2.05 bits per heavy atom. The van der Waals surface area contributed by atoms with Crippen LogP contribution in [-0.4, -0.2) is 53.2 Å². The fourth-order valence-corrected chi connectivity index (χ4v) is 3.13. The van der Waals surface area contributed by atoms with E-state index in [1.807, 2.05) is 0 Å². The van der Waals surface area contributed by atoms with Gasteiger partial charge in [0, 0.05) is 10.6 Å². The smallest absolute Gasteiger partial charge is 0.166 e. The number of imidazole rings is 1. The molecule has 0 saturated heterocycles. The van der Waals surface area contributed by atoms with Crippen LogP contribution in [0.4, 0.5) is 5.82 Å². The van der Waals surface area contributed by atoms with Crippen LogP contribution in [0.5, 0.6) is 0 Å². The van der Waals surface area contributed by atoms with Crippen molar-refractivity contribution in [2.24, 2.45) is 0 Å². The molecule has 0 spiro atoms. The first-order valence-electron chi connectivity index (χ1n) is 6.30. The number of nitrogens with zero attached hydrogens (tertiary/aromatic N) is 4. The van der Waals surface area contributed by atoms with Crippen LogP contribution in [0.2, 0.25) is 0 Å². The van der Waals surface area contributed by atoms with Crippen LogP contribution in [0, 0.1) is 0 Å². The Labute approximate surface area is 124 Å². The van der Waals surface area contributed by atoms with Gasteiger partial charge in [-0.2, -0.15) is 0 Å². The Morgan fingerprint density at radius 1 is 1.33 bits per heavy atom. The molecule has 2 aromatic heterocycles. The van der Waals surface area contributed by atoms with Crippen molar-refractivity contribution in [3.8, 4) is 0 Å². The third-order valence-corrected chi connectivity index (χ3v) is 4.08. The summed E-state index contributed by atoms with van der Waals surface area (Å²) in [6.07, 6.45) is -0.735. The van der Waals surface area contributed by atoms with E-state index in [1.165, 1.54) is 24.1 Å². The summed E-state index contributed by atoms with van der Waals surface area (Å²) in [5.41, 5.74) is 6.68. The third kappa shape index (κ3) is 1.99. The van der Waals surface area contributed by atoms with E-state index in [2.05, 4.69) is 15.0 Å². The van der Waals surface area contributed by atoms with Crippen molar-refractivity contribution in [1.29, 1.82) is 0 Å². The van der Waals surface area contributed by atoms with Crippen LogP contribution in [0.3, 0.4) is 0 Å². The number of aliphatic hydroxyl groups excluding tert-OH is 3. The molecule has 0 aliphatic heterocycles. The molecule has 0 radical (unpaired) electrons. The summed E-state index contributed by atoms with van der Waals surface area (Å²) in [6, 6.07) is -0.787. The highest BCUT2D eigenvalue weighted by Crippen LogP contribution is 2.41. The fraction of sp³-hybridized carbons (Fsp3) is 0.417. The lowest BCUT2D eigenvalue weighted by Crippen LogP contribution is -2.31. The lowest BCUT2D eigenvalue weighted by atomic mass is 10.1. The maximum absolute atomic E-state index is 10.2. The van der Waals surface area contributed by atoms with E-state index < -0.39 is 24.4 Å². The van der Waals surface area contributed by atoms with E-state index in [-0.39, 0.29) is 16.4 Å². The van der Waals surface area contributed by atoms with E-state index in [0.29, 0.717) is 11.2 Å². The quantitative estimate of drug-likeness (QED) is 0.591. The van der Waals surface area contributed by atoms with Gasteiger partial charge in [-0.05, 0) is 6.92 Å². The van der Waals surface area contributed by atoms with Gasteiger partial charge < -0.3 is 25.6 Å². The number of aromatic nitrogens is 4. The maximum atomic E-state index is 10.2. The lowest BCUT2D eigenvalue weighted by molar-refractivity contribution is 0.0234. The first-order valence-corrected chi connectivity index (χ1v) is 6.68. The molecule has 8 nitrogen and oxygen atoms in total. The maximum Gasteiger partial charge on any atom is 0.166 e. The summed E-state index contributed by atoms with van der Waals surface area (Å²) in [4.78, 5) is 12.0. The highest BCUT2D eigenvalue weighted by atomic mass is 35.5. The van der Waals surface area contributed by atoms with Gasteiger partial charge in [0.05, 0.1) is 12.4 Å². The molecular weight excluding hydrogens is 298 g/mol. The summed E-state index contributed by atoms with van der Waals surface area (Å²) in [6.45, 7) is 1.47. The van der Waals surface area contributed by atoms with Crippen LogP contribution < -0.4 is 5.73 Å². The van der Waals surface area contributed by atoms with Crippen LogP contribution >= 0.6 is 11.6 Å². The first kappa shape index (κ1) is 14.2. The van der Waals surface area contributed by atoms with Gasteiger partial charge in [-0.1, -0.05) is 11.6 Å². The van der Waals surface area contributed by atoms with E-state index in [4.69, 9.17) is 17.3 Å². The van der Waals surface area contributed by atoms with Crippen molar-refractivity contribution in [1.82, 2.24) is 19.5 Å². The molecule has 0 fully saturated rings. The molecule has 1 aliphatic carbocycles. The topological polar surface area (TPSA) is 130 Å². The first-order chi connectivity index (χ1) is 9.93. The second-order valence-electron chi connectivity index (χ2n) is 4.94.